The maximum atomic E-state index is 13.3. The van der Waals surface area contributed by atoms with Crippen LogP contribution in [0.1, 0.15) is 37.7 Å². The molecule has 2 nitrogen and oxygen atoms in total. The Balaban J connectivity index is 2.92. The molecule has 1 aromatic rings. The van der Waals surface area contributed by atoms with Crippen LogP contribution in [0.5, 0.6) is 0 Å². The molecule has 0 aromatic heterocycles. The van der Waals surface area contributed by atoms with Gasteiger partial charge in [-0.15, -0.1) is 0 Å². The van der Waals surface area contributed by atoms with Crippen molar-refractivity contribution in [2.75, 3.05) is 0 Å². The van der Waals surface area contributed by atoms with E-state index in [1.807, 2.05) is 6.92 Å². The highest BCUT2D eigenvalue weighted by atomic mass is 79.9. The smallest absolute Gasteiger partial charge is 0.310 e. The summed E-state index contributed by atoms with van der Waals surface area (Å²) in [6, 6.07) is 4.49. The third-order valence-electron chi connectivity index (χ3n) is 2.49. The van der Waals surface area contributed by atoms with E-state index in [1.54, 1.807) is 12.1 Å². The second-order valence-corrected chi connectivity index (χ2v) is 4.56. The second kappa shape index (κ2) is 5.99. The monoisotopic (exact) mass is 288 g/mol. The topological polar surface area (TPSA) is 37.3 Å². The molecule has 1 unspecified atom stereocenters. The largest absolute Gasteiger partial charge is 0.481 e. The van der Waals surface area contributed by atoms with Gasteiger partial charge in [-0.3, -0.25) is 4.79 Å². The molecular weight excluding hydrogens is 275 g/mol. The summed E-state index contributed by atoms with van der Waals surface area (Å²) in [6.45, 7) is 2.00. The van der Waals surface area contributed by atoms with Crippen LogP contribution in [-0.2, 0) is 4.79 Å². The van der Waals surface area contributed by atoms with Gasteiger partial charge in [0.1, 0.15) is 5.82 Å². The fourth-order valence-corrected chi connectivity index (χ4v) is 1.82. The molecule has 0 aliphatic rings. The molecule has 0 radical (unpaired) electrons. The zero-order valence-corrected chi connectivity index (χ0v) is 10.6. The molecule has 0 aliphatic carbocycles. The van der Waals surface area contributed by atoms with Crippen LogP contribution in [0.25, 0.3) is 0 Å². The molecule has 0 spiro atoms. The lowest BCUT2D eigenvalue weighted by Gasteiger charge is -2.12. The van der Waals surface area contributed by atoms with Crippen molar-refractivity contribution in [2.45, 2.75) is 32.1 Å². The summed E-state index contributed by atoms with van der Waals surface area (Å²) in [7, 11) is 0. The Morgan fingerprint density at radius 3 is 2.75 bits per heavy atom. The predicted molar refractivity (Wildman–Crippen MR) is 64.0 cm³/mol. The van der Waals surface area contributed by atoms with E-state index in [-0.39, 0.29) is 0 Å². The molecule has 88 valence electrons. The number of unbranched alkanes of at least 4 members (excludes halogenated alkanes) is 1. The lowest BCUT2D eigenvalue weighted by molar-refractivity contribution is -0.139. The minimum Gasteiger partial charge on any atom is -0.481 e. The van der Waals surface area contributed by atoms with E-state index in [0.717, 1.165) is 12.8 Å². The Kier molecular flexibility index (Phi) is 4.93. The molecule has 0 saturated heterocycles. The molecule has 0 heterocycles. The van der Waals surface area contributed by atoms with E-state index in [1.165, 1.54) is 6.07 Å². The lowest BCUT2D eigenvalue weighted by atomic mass is 9.94. The highest BCUT2D eigenvalue weighted by Gasteiger charge is 2.19. The van der Waals surface area contributed by atoms with Crippen LogP contribution in [0, 0.1) is 5.82 Å². The second-order valence-electron chi connectivity index (χ2n) is 3.71. The van der Waals surface area contributed by atoms with Gasteiger partial charge in [-0.25, -0.2) is 4.39 Å². The van der Waals surface area contributed by atoms with Gasteiger partial charge in [-0.1, -0.05) is 25.8 Å². The molecule has 0 saturated carbocycles. The maximum absolute atomic E-state index is 13.3. The summed E-state index contributed by atoms with van der Waals surface area (Å²) in [6.07, 6.45) is 2.31. The van der Waals surface area contributed by atoms with Gasteiger partial charge in [0.25, 0.3) is 0 Å². The zero-order chi connectivity index (χ0) is 12.1. The molecule has 0 bridgehead atoms. The molecule has 16 heavy (non-hydrogen) atoms. The predicted octanol–water partition coefficient (Wildman–Crippen LogP) is 3.95. The third-order valence-corrected chi connectivity index (χ3v) is 3.13. The van der Waals surface area contributed by atoms with Crippen LogP contribution < -0.4 is 0 Å². The van der Waals surface area contributed by atoms with E-state index < -0.39 is 17.7 Å². The molecule has 1 rings (SSSR count). The van der Waals surface area contributed by atoms with Crippen molar-refractivity contribution >= 4 is 21.9 Å². The van der Waals surface area contributed by atoms with Gasteiger partial charge in [0, 0.05) is 0 Å². The van der Waals surface area contributed by atoms with E-state index in [9.17, 15) is 9.18 Å². The van der Waals surface area contributed by atoms with Crippen LogP contribution in [0.2, 0.25) is 0 Å². The minimum absolute atomic E-state index is 0.357. The number of carboxylic acids is 1. The number of carbonyl (C=O) groups is 1. The first-order valence-corrected chi connectivity index (χ1v) is 6.03. The number of hydrogen-bond acceptors (Lipinski definition) is 1. The molecule has 0 amide bonds. The molecule has 1 N–H and O–H groups in total. The van der Waals surface area contributed by atoms with E-state index in [4.69, 9.17) is 5.11 Å². The Morgan fingerprint density at radius 2 is 2.25 bits per heavy atom. The highest BCUT2D eigenvalue weighted by molar-refractivity contribution is 9.10. The molecule has 4 heteroatoms. The summed E-state index contributed by atoms with van der Waals surface area (Å²) in [5, 5.41) is 9.08. The van der Waals surface area contributed by atoms with Gasteiger partial charge in [0.2, 0.25) is 0 Å². The third kappa shape index (κ3) is 3.30. The maximum Gasteiger partial charge on any atom is 0.310 e. The van der Waals surface area contributed by atoms with Gasteiger partial charge in [0.15, 0.2) is 0 Å². The van der Waals surface area contributed by atoms with Crippen LogP contribution in [0.4, 0.5) is 4.39 Å². The van der Waals surface area contributed by atoms with Crippen molar-refractivity contribution < 1.29 is 14.3 Å². The summed E-state index contributed by atoms with van der Waals surface area (Å²) in [5.74, 6) is -1.92. The van der Waals surface area contributed by atoms with Gasteiger partial charge < -0.3 is 5.11 Å². The quantitative estimate of drug-likeness (QED) is 0.891. The molecule has 0 fully saturated rings. The Labute approximate surface area is 103 Å². The summed E-state index contributed by atoms with van der Waals surface area (Å²) < 4.78 is 13.6. The van der Waals surface area contributed by atoms with Crippen molar-refractivity contribution in [3.8, 4) is 0 Å². The molecule has 1 atom stereocenters. The fraction of sp³-hybridized carbons (Fsp3) is 0.417. The number of rotatable bonds is 5. The highest BCUT2D eigenvalue weighted by Crippen LogP contribution is 2.26. The first-order chi connectivity index (χ1) is 7.56. The Morgan fingerprint density at radius 1 is 1.56 bits per heavy atom. The zero-order valence-electron chi connectivity index (χ0n) is 9.04. The van der Waals surface area contributed by atoms with Gasteiger partial charge >= 0.3 is 5.97 Å². The number of aliphatic carboxylic acids is 1. The van der Waals surface area contributed by atoms with Gasteiger partial charge in [0.05, 0.1) is 10.4 Å². The SMILES string of the molecule is CCCCC(C(=O)O)c1ccc(Br)c(F)c1. The first-order valence-electron chi connectivity index (χ1n) is 5.24. The number of hydrogen-bond donors (Lipinski definition) is 1. The molecule has 1 aromatic carbocycles. The van der Waals surface area contributed by atoms with Crippen LogP contribution in [-0.4, -0.2) is 11.1 Å². The summed E-state index contributed by atoms with van der Waals surface area (Å²) in [4.78, 5) is 11.1. The van der Waals surface area contributed by atoms with Crippen molar-refractivity contribution in [3.63, 3.8) is 0 Å². The van der Waals surface area contributed by atoms with Crippen molar-refractivity contribution in [1.82, 2.24) is 0 Å². The first kappa shape index (κ1) is 13.2. The standard InChI is InChI=1S/C12H14BrFO2/c1-2-3-4-9(12(15)16)8-5-6-10(13)11(14)7-8/h5-7,9H,2-4H2,1H3,(H,15,16). The normalized spacial score (nSPS) is 12.4. The van der Waals surface area contributed by atoms with Gasteiger partial charge in [-0.2, -0.15) is 0 Å². The van der Waals surface area contributed by atoms with Crippen LogP contribution in [0.15, 0.2) is 22.7 Å². The van der Waals surface area contributed by atoms with Crippen molar-refractivity contribution in [3.05, 3.63) is 34.1 Å². The van der Waals surface area contributed by atoms with Crippen molar-refractivity contribution in [2.24, 2.45) is 0 Å². The van der Waals surface area contributed by atoms with Crippen molar-refractivity contribution in [1.29, 1.82) is 0 Å². The van der Waals surface area contributed by atoms with Crippen LogP contribution >= 0.6 is 15.9 Å². The minimum atomic E-state index is -0.893. The Hall–Kier alpha value is -0.900. The van der Waals surface area contributed by atoms with E-state index >= 15 is 0 Å². The average molecular weight is 289 g/mol. The van der Waals surface area contributed by atoms with Crippen LogP contribution in [0.3, 0.4) is 0 Å². The lowest BCUT2D eigenvalue weighted by Crippen LogP contribution is -2.11. The number of carboxylic acid groups (broad SMARTS) is 1. The average Bonchev–Trinajstić information content (AvgIpc) is 2.23. The van der Waals surface area contributed by atoms with Gasteiger partial charge in [-0.05, 0) is 40.0 Å². The van der Waals surface area contributed by atoms with E-state index in [0.29, 0.717) is 16.5 Å². The van der Waals surface area contributed by atoms with E-state index in [2.05, 4.69) is 15.9 Å². The number of halogens is 2. The molecular formula is C12H14BrFO2. The summed E-state index contributed by atoms with van der Waals surface area (Å²) in [5.41, 5.74) is 0.529. The fourth-order valence-electron chi connectivity index (χ4n) is 1.57. The summed E-state index contributed by atoms with van der Waals surface area (Å²) >= 11 is 3.05. The Bertz CT molecular complexity index is 379. The molecule has 0 aliphatic heterocycles. The number of benzene rings is 1.